The molecule has 0 bridgehead atoms. The van der Waals surface area contributed by atoms with Crippen molar-refractivity contribution in [2.45, 2.75) is 44.6 Å². The highest BCUT2D eigenvalue weighted by Gasteiger charge is 2.16. The molecule has 2 fully saturated rings. The first kappa shape index (κ1) is 16.8. The van der Waals surface area contributed by atoms with E-state index >= 15 is 0 Å². The monoisotopic (exact) mass is 351 g/mol. The molecule has 4 rings (SSSR count). The molecule has 26 heavy (non-hydrogen) atoms. The topological polar surface area (TPSA) is 70.2 Å². The number of anilines is 3. The van der Waals surface area contributed by atoms with Crippen molar-refractivity contribution < 1.29 is 4.79 Å². The summed E-state index contributed by atoms with van der Waals surface area (Å²) in [6.07, 6.45) is 7.39. The number of benzene rings is 1. The Balaban J connectivity index is 1.35. The summed E-state index contributed by atoms with van der Waals surface area (Å²) in [5.41, 5.74) is 2.31. The summed E-state index contributed by atoms with van der Waals surface area (Å²) in [6, 6.07) is 12.0. The molecule has 0 atom stereocenters. The number of nitrogens with one attached hydrogen (secondary N) is 2. The third kappa shape index (κ3) is 3.95. The van der Waals surface area contributed by atoms with Gasteiger partial charge in [0.05, 0.1) is 0 Å². The number of nitrogens with zero attached hydrogens (tertiary/aromatic N) is 3. The minimum Gasteiger partial charge on any atom is -0.372 e. The van der Waals surface area contributed by atoms with Crippen LogP contribution in [0.3, 0.4) is 0 Å². The smallest absolute Gasteiger partial charge is 0.276 e. The lowest BCUT2D eigenvalue weighted by molar-refractivity contribution is 0.102. The summed E-state index contributed by atoms with van der Waals surface area (Å²) in [4.78, 5) is 14.7. The average Bonchev–Trinajstić information content (AvgIpc) is 3.37. The van der Waals surface area contributed by atoms with Crippen molar-refractivity contribution in [1.29, 1.82) is 0 Å². The molecule has 2 heterocycles. The Labute approximate surface area is 154 Å². The van der Waals surface area contributed by atoms with Crippen LogP contribution in [0.2, 0.25) is 0 Å². The number of carbonyl (C=O) groups excluding carboxylic acids is 1. The standard InChI is InChI=1S/C20H25N5O/c26-20(18-11-12-19(24-23-18)21-15-5-1-2-6-15)22-16-7-9-17(10-8-16)25-13-3-4-14-25/h7-12,15H,1-6,13-14H2,(H,21,24)(H,22,26). The van der Waals surface area contributed by atoms with E-state index in [1.165, 1.54) is 44.2 Å². The predicted molar refractivity (Wildman–Crippen MR) is 104 cm³/mol. The van der Waals surface area contributed by atoms with Crippen LogP contribution in [0, 0.1) is 0 Å². The van der Waals surface area contributed by atoms with Crippen LogP contribution >= 0.6 is 0 Å². The van der Waals surface area contributed by atoms with E-state index in [2.05, 4.69) is 37.9 Å². The summed E-state index contributed by atoms with van der Waals surface area (Å²) >= 11 is 0. The molecule has 0 unspecified atom stereocenters. The highest BCUT2D eigenvalue weighted by molar-refractivity contribution is 6.02. The molecular weight excluding hydrogens is 326 g/mol. The summed E-state index contributed by atoms with van der Waals surface area (Å²) in [5, 5.41) is 14.5. The van der Waals surface area contributed by atoms with Gasteiger partial charge in [-0.3, -0.25) is 4.79 Å². The van der Waals surface area contributed by atoms with Crippen molar-refractivity contribution in [1.82, 2.24) is 10.2 Å². The number of aromatic nitrogens is 2. The second kappa shape index (κ2) is 7.72. The Kier molecular flexibility index (Phi) is 5.00. The van der Waals surface area contributed by atoms with Crippen LogP contribution in [0.25, 0.3) is 0 Å². The largest absolute Gasteiger partial charge is 0.372 e. The first-order valence-electron chi connectivity index (χ1n) is 9.54. The van der Waals surface area contributed by atoms with Gasteiger partial charge in [-0.05, 0) is 62.1 Å². The molecule has 0 spiro atoms. The molecule has 1 saturated heterocycles. The fraction of sp³-hybridized carbons (Fsp3) is 0.450. The molecule has 1 amide bonds. The summed E-state index contributed by atoms with van der Waals surface area (Å²) in [5.74, 6) is 0.502. The lowest BCUT2D eigenvalue weighted by Crippen LogP contribution is -2.18. The van der Waals surface area contributed by atoms with Crippen LogP contribution in [-0.2, 0) is 0 Å². The average molecular weight is 351 g/mol. The third-order valence-electron chi connectivity index (χ3n) is 5.20. The van der Waals surface area contributed by atoms with Crippen molar-refractivity contribution in [2.75, 3.05) is 28.6 Å². The molecule has 2 N–H and O–H groups in total. The second-order valence-electron chi connectivity index (χ2n) is 7.12. The first-order chi connectivity index (χ1) is 12.8. The molecule has 2 aromatic rings. The highest BCUT2D eigenvalue weighted by Crippen LogP contribution is 2.23. The lowest BCUT2D eigenvalue weighted by Gasteiger charge is -2.17. The Morgan fingerprint density at radius 1 is 0.923 bits per heavy atom. The molecule has 6 heteroatoms. The van der Waals surface area contributed by atoms with Gasteiger partial charge in [0.2, 0.25) is 0 Å². The van der Waals surface area contributed by atoms with Gasteiger partial charge in [0.15, 0.2) is 5.69 Å². The van der Waals surface area contributed by atoms with Crippen LogP contribution < -0.4 is 15.5 Å². The molecule has 1 aliphatic carbocycles. The minimum absolute atomic E-state index is 0.237. The normalized spacial score (nSPS) is 17.5. The van der Waals surface area contributed by atoms with Crippen LogP contribution in [0.15, 0.2) is 36.4 Å². The van der Waals surface area contributed by atoms with E-state index in [1.807, 2.05) is 18.2 Å². The molecule has 1 aromatic heterocycles. The van der Waals surface area contributed by atoms with Crippen molar-refractivity contribution in [3.63, 3.8) is 0 Å². The van der Waals surface area contributed by atoms with E-state index in [9.17, 15) is 4.79 Å². The highest BCUT2D eigenvalue weighted by atomic mass is 16.1. The molecular formula is C20H25N5O. The molecule has 6 nitrogen and oxygen atoms in total. The van der Waals surface area contributed by atoms with Crippen LogP contribution in [-0.4, -0.2) is 35.2 Å². The van der Waals surface area contributed by atoms with Crippen LogP contribution in [0.5, 0.6) is 0 Å². The molecule has 136 valence electrons. The number of hydrogen-bond donors (Lipinski definition) is 2. The Bertz CT molecular complexity index is 732. The zero-order chi connectivity index (χ0) is 17.8. The maximum atomic E-state index is 12.4. The molecule has 1 aliphatic heterocycles. The SMILES string of the molecule is O=C(Nc1ccc(N2CCCC2)cc1)c1ccc(NC2CCCC2)nn1. The van der Waals surface area contributed by atoms with Crippen molar-refractivity contribution >= 4 is 23.1 Å². The maximum Gasteiger partial charge on any atom is 0.276 e. The van der Waals surface area contributed by atoms with E-state index in [-0.39, 0.29) is 5.91 Å². The summed E-state index contributed by atoms with van der Waals surface area (Å²) < 4.78 is 0. The molecule has 1 saturated carbocycles. The van der Waals surface area contributed by atoms with Gasteiger partial charge in [-0.25, -0.2) is 0 Å². The summed E-state index contributed by atoms with van der Waals surface area (Å²) in [7, 11) is 0. The van der Waals surface area contributed by atoms with Crippen LogP contribution in [0.1, 0.15) is 49.0 Å². The van der Waals surface area contributed by atoms with E-state index < -0.39 is 0 Å². The Hall–Kier alpha value is -2.63. The lowest BCUT2D eigenvalue weighted by atomic mass is 10.2. The third-order valence-corrected chi connectivity index (χ3v) is 5.20. The van der Waals surface area contributed by atoms with Gasteiger partial charge in [0.25, 0.3) is 5.91 Å². The number of rotatable bonds is 5. The van der Waals surface area contributed by atoms with Gasteiger partial charge in [0.1, 0.15) is 5.82 Å². The summed E-state index contributed by atoms with van der Waals surface area (Å²) in [6.45, 7) is 2.23. The van der Waals surface area contributed by atoms with Gasteiger partial charge < -0.3 is 15.5 Å². The minimum atomic E-state index is -0.237. The van der Waals surface area contributed by atoms with Gasteiger partial charge in [0, 0.05) is 30.5 Å². The Morgan fingerprint density at radius 2 is 1.65 bits per heavy atom. The molecule has 0 radical (unpaired) electrons. The number of hydrogen-bond acceptors (Lipinski definition) is 5. The van der Waals surface area contributed by atoms with Gasteiger partial charge in [-0.1, -0.05) is 12.8 Å². The van der Waals surface area contributed by atoms with Gasteiger partial charge >= 0.3 is 0 Å². The predicted octanol–water partition coefficient (Wildman–Crippen LogP) is 3.68. The molecule has 2 aliphatic rings. The Morgan fingerprint density at radius 3 is 2.31 bits per heavy atom. The zero-order valence-corrected chi connectivity index (χ0v) is 14.9. The van der Waals surface area contributed by atoms with Crippen LogP contribution in [0.4, 0.5) is 17.2 Å². The fourth-order valence-corrected chi connectivity index (χ4v) is 3.74. The first-order valence-corrected chi connectivity index (χ1v) is 9.54. The van der Waals surface area contributed by atoms with Crippen molar-refractivity contribution in [3.8, 4) is 0 Å². The van der Waals surface area contributed by atoms with E-state index in [1.54, 1.807) is 6.07 Å². The molecule has 1 aromatic carbocycles. The van der Waals surface area contributed by atoms with E-state index in [4.69, 9.17) is 0 Å². The maximum absolute atomic E-state index is 12.4. The number of amides is 1. The van der Waals surface area contributed by atoms with Crippen molar-refractivity contribution in [2.24, 2.45) is 0 Å². The quantitative estimate of drug-likeness (QED) is 0.860. The fourth-order valence-electron chi connectivity index (χ4n) is 3.74. The zero-order valence-electron chi connectivity index (χ0n) is 14.9. The van der Waals surface area contributed by atoms with Gasteiger partial charge in [-0.15, -0.1) is 10.2 Å². The van der Waals surface area contributed by atoms with Gasteiger partial charge in [-0.2, -0.15) is 0 Å². The van der Waals surface area contributed by atoms with Crippen molar-refractivity contribution in [3.05, 3.63) is 42.1 Å². The number of carbonyl (C=O) groups is 1. The van der Waals surface area contributed by atoms with E-state index in [0.29, 0.717) is 11.7 Å². The second-order valence-corrected chi connectivity index (χ2v) is 7.12. The van der Waals surface area contributed by atoms with E-state index in [0.717, 1.165) is 24.6 Å².